The van der Waals surface area contributed by atoms with Gasteiger partial charge in [-0.15, -0.1) is 6.58 Å². The number of piperidine rings is 1. The van der Waals surface area contributed by atoms with Crippen LogP contribution in [0.3, 0.4) is 0 Å². The van der Waals surface area contributed by atoms with Crippen LogP contribution in [0.1, 0.15) is 105 Å². The fourth-order valence-electron chi connectivity index (χ4n) is 9.46. The summed E-state index contributed by atoms with van der Waals surface area (Å²) < 4.78 is 29.9. The summed E-state index contributed by atoms with van der Waals surface area (Å²) in [5.74, 6) is -7.13. The van der Waals surface area contributed by atoms with Gasteiger partial charge in [-0.2, -0.15) is 0 Å². The van der Waals surface area contributed by atoms with Crippen molar-refractivity contribution in [2.24, 2.45) is 29.6 Å². The van der Waals surface area contributed by atoms with E-state index < -0.39 is 77.9 Å². The lowest BCUT2D eigenvalue weighted by Crippen LogP contribution is -2.64. The topological polar surface area (TPSA) is 205 Å². The lowest BCUT2D eigenvalue weighted by atomic mass is 9.81. The summed E-state index contributed by atoms with van der Waals surface area (Å²) in [6, 6.07) is -1.12. The number of Topliss-reactive ketones (excluding diaryl/α,β-unsaturated/α-hetero) is 1. The Kier molecular flexibility index (Phi) is 20.1. The van der Waals surface area contributed by atoms with Crippen LogP contribution in [0, 0.1) is 35.0 Å². The smallest absolute Gasteiger partial charge is 0.329 e. The standard InChI is InChI=1S/C44H70N2O11.CH4O/c1-10-13-31-19-25(2)18-26(3)20-37(54-8)40-38(55-9)22-28(5)44(52,57-40)41(49)42(50)46-17-12-11-14-33(46)43(51)56-39(29(6)35(48)24-32(31)45)27(4)21-30-15-16-34(47)36(23-30)53-7;1-2/h10,19,21,26,28-31,33-40,45,47-48,52H,1,11-18,20,22-24H2,2-9H3;2H,1H3/b25-19+,27-21+,45-32?;/t26-,28+,29+,30-,31+,33-,34+,35-,36+,37-,38-,39+,40+,44+;/m0./s1. The van der Waals surface area contributed by atoms with Gasteiger partial charge in [-0.25, -0.2) is 4.79 Å². The van der Waals surface area contributed by atoms with Gasteiger partial charge in [0.1, 0.15) is 18.2 Å². The monoisotopic (exact) mass is 835 g/mol. The van der Waals surface area contributed by atoms with Gasteiger partial charge in [0.05, 0.1) is 30.5 Å². The van der Waals surface area contributed by atoms with Crippen molar-refractivity contribution in [1.82, 2.24) is 4.90 Å². The zero-order valence-electron chi connectivity index (χ0n) is 36.9. The van der Waals surface area contributed by atoms with E-state index in [1.807, 2.05) is 26.0 Å². The predicted molar refractivity (Wildman–Crippen MR) is 223 cm³/mol. The van der Waals surface area contributed by atoms with E-state index in [0.29, 0.717) is 62.7 Å². The summed E-state index contributed by atoms with van der Waals surface area (Å²) >= 11 is 0. The van der Waals surface area contributed by atoms with Crippen molar-refractivity contribution in [2.45, 2.75) is 160 Å². The van der Waals surface area contributed by atoms with E-state index in [9.17, 15) is 29.7 Å². The van der Waals surface area contributed by atoms with E-state index in [0.717, 1.165) is 12.7 Å². The van der Waals surface area contributed by atoms with E-state index in [2.05, 4.69) is 13.5 Å². The zero-order valence-corrected chi connectivity index (χ0v) is 36.9. The first kappa shape index (κ1) is 50.5. The molecule has 0 unspecified atom stereocenters. The van der Waals surface area contributed by atoms with Gasteiger partial charge >= 0.3 is 5.97 Å². The molecule has 3 aliphatic heterocycles. The Bertz CT molecular complexity index is 1480. The lowest BCUT2D eigenvalue weighted by Gasteiger charge is -2.47. The molecule has 59 heavy (non-hydrogen) atoms. The molecule has 14 atom stereocenters. The van der Waals surface area contributed by atoms with Crippen LogP contribution in [0.2, 0.25) is 0 Å². The summed E-state index contributed by atoms with van der Waals surface area (Å²) in [7, 11) is 5.65. The quantitative estimate of drug-likeness (QED) is 0.135. The molecule has 14 heteroatoms. The van der Waals surface area contributed by atoms with Crippen molar-refractivity contribution < 1.29 is 58.5 Å². The molecular weight excluding hydrogens is 760 g/mol. The molecule has 4 aliphatic rings. The number of hydrogen-bond acceptors (Lipinski definition) is 13. The highest BCUT2D eigenvalue weighted by Gasteiger charge is 2.56. The molecule has 5 N–H and O–H groups in total. The normalized spacial score (nSPS) is 39.7. The number of aliphatic hydroxyl groups is 4. The minimum atomic E-state index is -2.50. The Hall–Kier alpha value is -2.82. The van der Waals surface area contributed by atoms with Gasteiger partial charge in [0.15, 0.2) is 0 Å². The van der Waals surface area contributed by atoms with Crippen LogP contribution in [0.15, 0.2) is 36.0 Å². The van der Waals surface area contributed by atoms with Crippen molar-refractivity contribution >= 4 is 23.4 Å². The Labute approximate surface area is 351 Å². The van der Waals surface area contributed by atoms with Crippen LogP contribution < -0.4 is 0 Å². The van der Waals surface area contributed by atoms with E-state index >= 15 is 0 Å². The molecule has 0 radical (unpaired) electrons. The highest BCUT2D eigenvalue weighted by Crippen LogP contribution is 2.39. The minimum Gasteiger partial charge on any atom is -0.456 e. The Morgan fingerprint density at radius 1 is 0.949 bits per heavy atom. The number of carbonyl (C=O) groups is 3. The van der Waals surface area contributed by atoms with Crippen molar-refractivity contribution in [1.29, 1.82) is 5.41 Å². The van der Waals surface area contributed by atoms with Crippen LogP contribution in [0.25, 0.3) is 0 Å². The van der Waals surface area contributed by atoms with Gasteiger partial charge in [-0.3, -0.25) is 9.59 Å². The number of amides is 1. The summed E-state index contributed by atoms with van der Waals surface area (Å²) in [5, 5.41) is 50.4. The Morgan fingerprint density at radius 2 is 1.59 bits per heavy atom. The molecule has 3 fully saturated rings. The molecule has 3 heterocycles. The third-order valence-electron chi connectivity index (χ3n) is 12.9. The highest BCUT2D eigenvalue weighted by molar-refractivity contribution is 6.39. The second kappa shape index (κ2) is 23.4. The number of hydrogen-bond donors (Lipinski definition) is 5. The Balaban J connectivity index is 0.00000458. The third kappa shape index (κ3) is 12.6. The fraction of sp³-hybridized carbons (Fsp3) is 0.778. The maximum atomic E-state index is 14.3. The summed E-state index contributed by atoms with van der Waals surface area (Å²) in [6.45, 7) is 13.4. The average molecular weight is 835 g/mol. The SMILES string of the molecule is C=CC[C@@H]1/C=C(\C)C[C@H](C)C[C@H](OC)[C@H]2O[C@@](O)(C(=O)C(=O)N3CCCC[C@H]3C(=O)O[C@H](/C(C)=C/[C@@H]3CC[C@@H](O)[C@H](OC)C3)[C@H](C)[C@@H](O)CC1=N)[C@H](C)C[C@@H]2OC.CO. The van der Waals surface area contributed by atoms with Gasteiger partial charge in [-0.1, -0.05) is 44.6 Å². The predicted octanol–water partition coefficient (Wildman–Crippen LogP) is 4.70. The van der Waals surface area contributed by atoms with Gasteiger partial charge in [0, 0.05) is 64.9 Å². The number of ketones is 1. The number of nitrogens with one attached hydrogen (secondary N) is 1. The number of methoxy groups -OCH3 is 3. The van der Waals surface area contributed by atoms with Crippen LogP contribution in [-0.2, 0) is 38.1 Å². The summed E-state index contributed by atoms with van der Waals surface area (Å²) in [6.07, 6.45) is 5.99. The summed E-state index contributed by atoms with van der Waals surface area (Å²) in [5.41, 5.74) is 2.06. The molecule has 2 bridgehead atoms. The molecule has 1 amide bonds. The molecule has 2 saturated heterocycles. The second-order valence-electron chi connectivity index (χ2n) is 17.3. The van der Waals surface area contributed by atoms with Gasteiger partial charge in [-0.05, 0) is 95.5 Å². The Morgan fingerprint density at radius 3 is 2.22 bits per heavy atom. The van der Waals surface area contributed by atoms with Crippen molar-refractivity contribution in [3.63, 3.8) is 0 Å². The maximum Gasteiger partial charge on any atom is 0.329 e. The molecular formula is C45H74N2O12. The van der Waals surface area contributed by atoms with Gasteiger partial charge < -0.3 is 54.4 Å². The molecule has 1 saturated carbocycles. The van der Waals surface area contributed by atoms with Crippen molar-refractivity contribution in [3.8, 4) is 0 Å². The number of rotatable bonds is 7. The number of cyclic esters (lactones) is 1. The van der Waals surface area contributed by atoms with Crippen molar-refractivity contribution in [3.05, 3.63) is 36.0 Å². The zero-order chi connectivity index (χ0) is 44.2. The number of carbonyl (C=O) groups excluding carboxylic acids is 3. The van der Waals surface area contributed by atoms with E-state index in [-0.39, 0.29) is 49.7 Å². The first-order chi connectivity index (χ1) is 28.0. The molecule has 0 aromatic carbocycles. The first-order valence-electron chi connectivity index (χ1n) is 21.4. The molecule has 0 aromatic rings. The van der Waals surface area contributed by atoms with E-state index in [1.165, 1.54) is 12.0 Å². The fourth-order valence-corrected chi connectivity index (χ4v) is 9.46. The molecule has 0 spiro atoms. The molecule has 14 nitrogen and oxygen atoms in total. The largest absolute Gasteiger partial charge is 0.456 e. The molecule has 0 aromatic heterocycles. The average Bonchev–Trinajstić information content (AvgIpc) is 3.22. The number of aliphatic hydroxyl groups excluding tert-OH is 3. The third-order valence-corrected chi connectivity index (χ3v) is 12.9. The van der Waals surface area contributed by atoms with Gasteiger partial charge in [0.2, 0.25) is 5.79 Å². The molecule has 336 valence electrons. The summed E-state index contributed by atoms with van der Waals surface area (Å²) in [4.78, 5) is 44.0. The lowest BCUT2D eigenvalue weighted by molar-refractivity contribution is -0.302. The number of allylic oxidation sites excluding steroid dienone is 4. The number of esters is 1. The first-order valence-corrected chi connectivity index (χ1v) is 21.4. The van der Waals surface area contributed by atoms with E-state index in [4.69, 9.17) is 34.2 Å². The number of fused-ring (bicyclic) bond motifs is 3. The van der Waals surface area contributed by atoms with Crippen LogP contribution in [-0.4, -0.2) is 138 Å². The van der Waals surface area contributed by atoms with Crippen LogP contribution in [0.4, 0.5) is 0 Å². The minimum absolute atomic E-state index is 0.0140. The maximum absolute atomic E-state index is 14.3. The highest BCUT2D eigenvalue weighted by atomic mass is 16.7. The van der Waals surface area contributed by atoms with Crippen LogP contribution in [0.5, 0.6) is 0 Å². The molecule has 4 rings (SSSR count). The van der Waals surface area contributed by atoms with E-state index in [1.54, 1.807) is 34.1 Å². The molecule has 1 aliphatic carbocycles. The van der Waals surface area contributed by atoms with Crippen LogP contribution >= 0.6 is 0 Å². The number of ether oxygens (including phenoxy) is 5. The second-order valence-corrected chi connectivity index (χ2v) is 17.3. The number of nitrogens with zero attached hydrogens (tertiary/aromatic N) is 1. The van der Waals surface area contributed by atoms with Crippen molar-refractivity contribution in [2.75, 3.05) is 35.0 Å². The van der Waals surface area contributed by atoms with Gasteiger partial charge in [0.25, 0.3) is 11.7 Å².